The number of carbonyl (C=O) groups excluding carboxylic acids is 2. The minimum atomic E-state index is -3.68. The Morgan fingerprint density at radius 3 is 2.48 bits per heavy atom. The van der Waals surface area contributed by atoms with E-state index in [2.05, 4.69) is 5.32 Å². The Bertz CT molecular complexity index is 945. The molecule has 0 bridgehead atoms. The van der Waals surface area contributed by atoms with Crippen LogP contribution in [0.15, 0.2) is 23.1 Å². The molecule has 2 fully saturated rings. The number of carbonyl (C=O) groups is 2. The van der Waals surface area contributed by atoms with E-state index in [9.17, 15) is 18.0 Å². The number of nitrogens with zero attached hydrogens (tertiary/aromatic N) is 3. The number of rotatable bonds is 6. The van der Waals surface area contributed by atoms with Gasteiger partial charge >= 0.3 is 6.03 Å². The van der Waals surface area contributed by atoms with Crippen LogP contribution in [0.4, 0.5) is 4.79 Å². The lowest BCUT2D eigenvalue weighted by Gasteiger charge is -2.35. The molecule has 1 atom stereocenters. The summed E-state index contributed by atoms with van der Waals surface area (Å²) in [6, 6.07) is 3.85. The number of sulfonamides is 1. The SMILES string of the molecule is CCC[C@H]1NC(=O)N(CN2CCN(S(=O)(=O)c3ccc4c(c3)OCCCO4)CC2)C1=O. The third-order valence-electron chi connectivity index (χ3n) is 5.71. The first-order valence-electron chi connectivity index (χ1n) is 10.6. The van der Waals surface area contributed by atoms with E-state index in [-0.39, 0.29) is 36.6 Å². The van der Waals surface area contributed by atoms with Crippen molar-refractivity contribution in [3.63, 3.8) is 0 Å². The van der Waals surface area contributed by atoms with Gasteiger partial charge in [0.2, 0.25) is 10.0 Å². The van der Waals surface area contributed by atoms with Gasteiger partial charge in [0.05, 0.1) is 24.8 Å². The zero-order valence-corrected chi connectivity index (χ0v) is 18.4. The summed E-state index contributed by atoms with van der Waals surface area (Å²) in [7, 11) is -3.68. The van der Waals surface area contributed by atoms with E-state index in [1.807, 2.05) is 11.8 Å². The van der Waals surface area contributed by atoms with Crippen LogP contribution in [0, 0.1) is 0 Å². The number of fused-ring (bicyclic) bond motifs is 1. The zero-order chi connectivity index (χ0) is 22.0. The summed E-state index contributed by atoms with van der Waals surface area (Å²) in [5, 5.41) is 2.71. The average Bonchev–Trinajstić information content (AvgIpc) is 2.93. The molecule has 4 rings (SSSR count). The van der Waals surface area contributed by atoms with E-state index in [0.717, 1.165) is 12.8 Å². The molecule has 31 heavy (non-hydrogen) atoms. The van der Waals surface area contributed by atoms with Crippen LogP contribution in [0.2, 0.25) is 0 Å². The molecule has 3 heterocycles. The van der Waals surface area contributed by atoms with Gasteiger partial charge in [-0.15, -0.1) is 0 Å². The second kappa shape index (κ2) is 9.01. The van der Waals surface area contributed by atoms with Crippen LogP contribution < -0.4 is 14.8 Å². The largest absolute Gasteiger partial charge is 0.490 e. The summed E-state index contributed by atoms with van der Waals surface area (Å²) in [6.07, 6.45) is 2.17. The lowest BCUT2D eigenvalue weighted by Crippen LogP contribution is -2.52. The molecule has 0 unspecified atom stereocenters. The zero-order valence-electron chi connectivity index (χ0n) is 17.6. The molecule has 3 aliphatic heterocycles. The van der Waals surface area contributed by atoms with Crippen LogP contribution >= 0.6 is 0 Å². The minimum Gasteiger partial charge on any atom is -0.490 e. The van der Waals surface area contributed by atoms with E-state index in [1.54, 1.807) is 6.07 Å². The summed E-state index contributed by atoms with van der Waals surface area (Å²) >= 11 is 0. The second-order valence-corrected chi connectivity index (χ2v) is 9.82. The number of benzene rings is 1. The quantitative estimate of drug-likeness (QED) is 0.637. The normalized spacial score (nSPS) is 23.0. The van der Waals surface area contributed by atoms with Crippen LogP contribution in [0.5, 0.6) is 11.5 Å². The molecule has 1 aromatic carbocycles. The van der Waals surface area contributed by atoms with E-state index >= 15 is 0 Å². The van der Waals surface area contributed by atoms with Crippen molar-refractivity contribution in [1.29, 1.82) is 0 Å². The molecule has 10 nitrogen and oxygen atoms in total. The first-order chi connectivity index (χ1) is 14.9. The van der Waals surface area contributed by atoms with Crippen molar-refractivity contribution < 1.29 is 27.5 Å². The van der Waals surface area contributed by atoms with Gasteiger partial charge in [-0.2, -0.15) is 4.31 Å². The summed E-state index contributed by atoms with van der Waals surface area (Å²) in [6.45, 7) is 4.57. The Morgan fingerprint density at radius 2 is 1.77 bits per heavy atom. The standard InChI is InChI=1S/C20H28N4O6S/c1-2-4-16-19(25)24(20(26)21-16)14-22-7-9-23(10-8-22)31(27,28)15-5-6-17-18(13-15)30-12-3-11-29-17/h5-6,13,16H,2-4,7-12,14H2,1H3,(H,21,26)/t16-/m1/s1. The fraction of sp³-hybridized carbons (Fsp3) is 0.600. The van der Waals surface area contributed by atoms with Gasteiger partial charge in [0.1, 0.15) is 6.04 Å². The van der Waals surface area contributed by atoms with E-state index < -0.39 is 16.1 Å². The fourth-order valence-corrected chi connectivity index (χ4v) is 5.40. The van der Waals surface area contributed by atoms with Gasteiger partial charge in [-0.1, -0.05) is 13.3 Å². The number of urea groups is 1. The minimum absolute atomic E-state index is 0.168. The average molecular weight is 453 g/mol. The molecule has 2 saturated heterocycles. The molecule has 1 aromatic rings. The van der Waals surface area contributed by atoms with Crippen molar-refractivity contribution in [2.75, 3.05) is 46.1 Å². The topological polar surface area (TPSA) is 108 Å². The lowest BCUT2D eigenvalue weighted by atomic mass is 10.2. The number of amides is 3. The first-order valence-corrected chi connectivity index (χ1v) is 12.1. The molecule has 3 aliphatic rings. The van der Waals surface area contributed by atoms with Crippen molar-refractivity contribution in [2.45, 2.75) is 37.1 Å². The monoisotopic (exact) mass is 452 g/mol. The van der Waals surface area contributed by atoms with Gasteiger partial charge in [-0.25, -0.2) is 18.1 Å². The smallest absolute Gasteiger partial charge is 0.325 e. The summed E-state index contributed by atoms with van der Waals surface area (Å²) in [5.74, 6) is 0.780. The number of piperazine rings is 1. The Hall–Kier alpha value is -2.37. The van der Waals surface area contributed by atoms with Gasteiger partial charge in [-0.3, -0.25) is 9.69 Å². The molecular weight excluding hydrogens is 424 g/mol. The highest BCUT2D eigenvalue weighted by molar-refractivity contribution is 7.89. The third kappa shape index (κ3) is 4.48. The lowest BCUT2D eigenvalue weighted by molar-refractivity contribution is -0.129. The number of hydrogen-bond acceptors (Lipinski definition) is 7. The molecule has 170 valence electrons. The number of hydrogen-bond donors (Lipinski definition) is 1. The molecule has 0 radical (unpaired) electrons. The van der Waals surface area contributed by atoms with E-state index in [4.69, 9.17) is 9.47 Å². The fourth-order valence-electron chi connectivity index (χ4n) is 3.96. The number of nitrogens with one attached hydrogen (secondary N) is 1. The molecule has 0 aliphatic carbocycles. The van der Waals surface area contributed by atoms with Gasteiger partial charge in [0.25, 0.3) is 5.91 Å². The molecule has 11 heteroatoms. The maximum atomic E-state index is 13.1. The van der Waals surface area contributed by atoms with Crippen LogP contribution in [-0.4, -0.2) is 86.6 Å². The highest BCUT2D eigenvalue weighted by Gasteiger charge is 2.39. The highest BCUT2D eigenvalue weighted by atomic mass is 32.2. The van der Waals surface area contributed by atoms with Gasteiger partial charge in [0, 0.05) is 38.7 Å². The van der Waals surface area contributed by atoms with Crippen molar-refractivity contribution in [2.24, 2.45) is 0 Å². The molecule has 0 saturated carbocycles. The van der Waals surface area contributed by atoms with E-state index in [1.165, 1.54) is 21.3 Å². The summed E-state index contributed by atoms with van der Waals surface area (Å²) in [5.41, 5.74) is 0. The van der Waals surface area contributed by atoms with Crippen molar-refractivity contribution in [3.8, 4) is 11.5 Å². The molecule has 0 aromatic heterocycles. The maximum absolute atomic E-state index is 13.1. The van der Waals surface area contributed by atoms with Gasteiger partial charge in [0.15, 0.2) is 11.5 Å². The van der Waals surface area contributed by atoms with Crippen LogP contribution in [0.3, 0.4) is 0 Å². The van der Waals surface area contributed by atoms with Crippen LogP contribution in [0.1, 0.15) is 26.2 Å². The van der Waals surface area contributed by atoms with E-state index in [0.29, 0.717) is 44.2 Å². The first kappa shape index (κ1) is 21.8. The number of ether oxygens (including phenoxy) is 2. The van der Waals surface area contributed by atoms with Crippen molar-refractivity contribution in [1.82, 2.24) is 19.4 Å². The predicted molar refractivity (Wildman–Crippen MR) is 111 cm³/mol. The highest BCUT2D eigenvalue weighted by Crippen LogP contribution is 2.33. The molecule has 0 spiro atoms. The molecule has 1 N–H and O–H groups in total. The maximum Gasteiger partial charge on any atom is 0.325 e. The summed E-state index contributed by atoms with van der Waals surface area (Å²) in [4.78, 5) is 27.9. The predicted octanol–water partition coefficient (Wildman–Crippen LogP) is 0.832. The Morgan fingerprint density at radius 1 is 1.06 bits per heavy atom. The molecule has 3 amide bonds. The van der Waals surface area contributed by atoms with Gasteiger partial charge in [-0.05, 0) is 18.6 Å². The second-order valence-electron chi connectivity index (χ2n) is 7.88. The Labute approximate surface area is 182 Å². The summed E-state index contributed by atoms with van der Waals surface area (Å²) < 4.78 is 38.8. The van der Waals surface area contributed by atoms with Gasteiger partial charge < -0.3 is 14.8 Å². The Balaban J connectivity index is 1.38. The van der Waals surface area contributed by atoms with Crippen LogP contribution in [0.25, 0.3) is 0 Å². The third-order valence-corrected chi connectivity index (χ3v) is 7.61. The number of imide groups is 1. The Kier molecular flexibility index (Phi) is 6.35. The van der Waals surface area contributed by atoms with Crippen LogP contribution in [-0.2, 0) is 14.8 Å². The van der Waals surface area contributed by atoms with Crippen molar-refractivity contribution >= 4 is 22.0 Å². The molecular formula is C20H28N4O6S. The van der Waals surface area contributed by atoms with Crippen molar-refractivity contribution in [3.05, 3.63) is 18.2 Å².